The number of rotatable bonds is 9. The fourth-order valence-electron chi connectivity index (χ4n) is 4.58. The average molecular weight is 449 g/mol. The summed E-state index contributed by atoms with van der Waals surface area (Å²) >= 11 is 0. The Hall–Kier alpha value is -1.82. The lowest BCUT2D eigenvalue weighted by atomic mass is 9.93. The van der Waals surface area contributed by atoms with Crippen LogP contribution in [0.25, 0.3) is 0 Å². The van der Waals surface area contributed by atoms with Crippen molar-refractivity contribution >= 4 is 12.0 Å². The zero-order valence-electron chi connectivity index (χ0n) is 21.0. The number of hydrogen-bond donors (Lipinski definition) is 0. The van der Waals surface area contributed by atoms with Gasteiger partial charge in [0, 0.05) is 38.8 Å². The van der Waals surface area contributed by atoms with Crippen LogP contribution in [0.1, 0.15) is 79.6 Å². The number of amides is 2. The Kier molecular flexibility index (Phi) is 10.3. The lowest BCUT2D eigenvalue weighted by molar-refractivity contribution is -0.138. The number of carbonyl (C=O) groups excluding carboxylic acids is 2. The zero-order chi connectivity index (χ0) is 23.7. The van der Waals surface area contributed by atoms with E-state index in [-0.39, 0.29) is 24.0 Å². The first-order valence-electron chi connectivity index (χ1n) is 12.4. The molecule has 32 heavy (non-hydrogen) atoms. The van der Waals surface area contributed by atoms with Crippen molar-refractivity contribution in [1.29, 1.82) is 0 Å². The predicted molar refractivity (Wildman–Crippen MR) is 129 cm³/mol. The molecule has 2 saturated heterocycles. The summed E-state index contributed by atoms with van der Waals surface area (Å²) in [6.07, 6.45) is 7.99. The fraction of sp³-hybridized carbons (Fsp3) is 0.769. The fourth-order valence-corrected chi connectivity index (χ4v) is 4.58. The van der Waals surface area contributed by atoms with Crippen molar-refractivity contribution in [1.82, 2.24) is 9.80 Å². The number of ether oxygens (including phenoxy) is 2. The van der Waals surface area contributed by atoms with Crippen LogP contribution in [0.3, 0.4) is 0 Å². The largest absolute Gasteiger partial charge is 0.444 e. The van der Waals surface area contributed by atoms with Gasteiger partial charge in [-0.15, -0.1) is 0 Å². The van der Waals surface area contributed by atoms with Gasteiger partial charge in [0.15, 0.2) is 0 Å². The molecular formula is C26H44N2O4. The molecule has 6 nitrogen and oxygen atoms in total. The Bertz CT molecular complexity index is 674. The first kappa shape index (κ1) is 26.4. The highest BCUT2D eigenvalue weighted by atomic mass is 16.6. The van der Waals surface area contributed by atoms with Crippen molar-refractivity contribution in [2.45, 2.75) is 91.2 Å². The molecule has 2 aliphatic heterocycles. The van der Waals surface area contributed by atoms with Gasteiger partial charge in [0.05, 0.1) is 6.04 Å². The third kappa shape index (κ3) is 7.65. The maximum atomic E-state index is 13.1. The van der Waals surface area contributed by atoms with Crippen LogP contribution in [-0.2, 0) is 14.3 Å². The number of carbonyl (C=O) groups is 2. The van der Waals surface area contributed by atoms with Crippen LogP contribution >= 0.6 is 0 Å². The van der Waals surface area contributed by atoms with Crippen LogP contribution in [0.4, 0.5) is 4.79 Å². The van der Waals surface area contributed by atoms with Crippen LogP contribution < -0.4 is 0 Å². The highest BCUT2D eigenvalue weighted by Gasteiger charge is 2.35. The van der Waals surface area contributed by atoms with E-state index in [0.717, 1.165) is 62.6 Å². The lowest BCUT2D eigenvalue weighted by Gasteiger charge is -2.32. The highest BCUT2D eigenvalue weighted by molar-refractivity contribution is 5.79. The van der Waals surface area contributed by atoms with Crippen molar-refractivity contribution in [2.24, 2.45) is 5.92 Å². The van der Waals surface area contributed by atoms with Gasteiger partial charge in [-0.2, -0.15) is 0 Å². The summed E-state index contributed by atoms with van der Waals surface area (Å²) in [5, 5.41) is 0. The first-order valence-corrected chi connectivity index (χ1v) is 12.4. The number of nitrogens with zero attached hydrogens (tertiary/aromatic N) is 2. The van der Waals surface area contributed by atoms with Crippen molar-refractivity contribution in [3.05, 3.63) is 23.8 Å². The molecule has 2 rings (SSSR count). The molecule has 0 unspecified atom stereocenters. The second-order valence-electron chi connectivity index (χ2n) is 9.96. The van der Waals surface area contributed by atoms with Gasteiger partial charge in [0.1, 0.15) is 5.60 Å². The number of allylic oxidation sites excluding steroid dienone is 1. The minimum atomic E-state index is -0.513. The van der Waals surface area contributed by atoms with Crippen LogP contribution in [0.2, 0.25) is 0 Å². The Morgan fingerprint density at radius 1 is 1.16 bits per heavy atom. The molecule has 0 aromatic heterocycles. The zero-order valence-corrected chi connectivity index (χ0v) is 21.0. The summed E-state index contributed by atoms with van der Waals surface area (Å²) in [4.78, 5) is 29.7. The van der Waals surface area contributed by atoms with Crippen LogP contribution in [0.15, 0.2) is 23.8 Å². The van der Waals surface area contributed by atoms with Gasteiger partial charge in [-0.05, 0) is 76.9 Å². The third-order valence-electron chi connectivity index (χ3n) is 6.13. The monoisotopic (exact) mass is 448 g/mol. The molecule has 0 N–H and O–H groups in total. The lowest BCUT2D eigenvalue weighted by Crippen LogP contribution is -2.41. The molecule has 0 aromatic rings. The maximum absolute atomic E-state index is 13.1. The molecule has 182 valence electrons. The normalized spacial score (nSPS) is 20.3. The maximum Gasteiger partial charge on any atom is 0.410 e. The third-order valence-corrected chi connectivity index (χ3v) is 6.13. The summed E-state index contributed by atoms with van der Waals surface area (Å²) in [6.45, 7) is 17.8. The Morgan fingerprint density at radius 3 is 2.44 bits per heavy atom. The molecule has 0 bridgehead atoms. The molecule has 2 heterocycles. The second kappa shape index (κ2) is 12.4. The Balaban J connectivity index is 2.05. The minimum Gasteiger partial charge on any atom is -0.444 e. The molecule has 2 amide bonds. The van der Waals surface area contributed by atoms with Crippen LogP contribution in [-0.4, -0.2) is 66.3 Å². The van der Waals surface area contributed by atoms with E-state index in [0.29, 0.717) is 26.3 Å². The molecule has 1 atom stereocenters. The van der Waals surface area contributed by atoms with E-state index in [2.05, 4.69) is 26.5 Å². The SMILES string of the molecule is C=C(CCN(CCC)C(=O)C1CCOCC1)/C(=C\CC)[C@@H]1CCCN1C(=O)OC(C)(C)C. The Morgan fingerprint density at radius 2 is 1.84 bits per heavy atom. The summed E-state index contributed by atoms with van der Waals surface area (Å²) < 4.78 is 11.1. The molecule has 2 aliphatic rings. The van der Waals surface area contributed by atoms with E-state index in [4.69, 9.17) is 9.47 Å². The molecule has 6 heteroatoms. The van der Waals surface area contributed by atoms with E-state index in [1.807, 2.05) is 30.6 Å². The summed E-state index contributed by atoms with van der Waals surface area (Å²) in [6, 6.07) is 0.00289. The average Bonchev–Trinajstić information content (AvgIpc) is 3.23. The van der Waals surface area contributed by atoms with E-state index in [1.54, 1.807) is 0 Å². The number of likely N-dealkylation sites (tertiary alicyclic amines) is 1. The minimum absolute atomic E-state index is 0.00289. The molecule has 2 fully saturated rings. The van der Waals surface area contributed by atoms with Gasteiger partial charge in [0.25, 0.3) is 0 Å². The van der Waals surface area contributed by atoms with Gasteiger partial charge in [-0.3, -0.25) is 4.79 Å². The van der Waals surface area contributed by atoms with Gasteiger partial charge in [0.2, 0.25) is 5.91 Å². The quantitative estimate of drug-likeness (QED) is 0.447. The van der Waals surface area contributed by atoms with Crippen LogP contribution in [0, 0.1) is 5.92 Å². The van der Waals surface area contributed by atoms with E-state index in [9.17, 15) is 9.59 Å². The Labute approximate surface area is 195 Å². The molecule has 0 radical (unpaired) electrons. The van der Waals surface area contributed by atoms with Gasteiger partial charge < -0.3 is 19.3 Å². The van der Waals surface area contributed by atoms with Gasteiger partial charge in [-0.1, -0.05) is 26.5 Å². The van der Waals surface area contributed by atoms with Gasteiger partial charge >= 0.3 is 6.09 Å². The molecule has 0 aromatic carbocycles. The first-order chi connectivity index (χ1) is 15.2. The topological polar surface area (TPSA) is 59.1 Å². The summed E-state index contributed by atoms with van der Waals surface area (Å²) in [7, 11) is 0. The standard InChI is InChI=1S/C26H44N2O4/c1-7-10-22(23-11-9-16-28(23)25(30)32-26(4,5)6)20(3)12-17-27(15-8-2)24(29)21-13-18-31-19-14-21/h10,21,23H,3,7-9,11-19H2,1-2,4-6H3/b22-10+/t23-/m0/s1. The molecule has 0 aliphatic carbocycles. The summed E-state index contributed by atoms with van der Waals surface area (Å²) in [5.41, 5.74) is 1.64. The summed E-state index contributed by atoms with van der Waals surface area (Å²) in [5.74, 6) is 0.326. The second-order valence-corrected chi connectivity index (χ2v) is 9.96. The molecule has 0 spiro atoms. The predicted octanol–water partition coefficient (Wildman–Crippen LogP) is 5.33. The van der Waals surface area contributed by atoms with Crippen molar-refractivity contribution < 1.29 is 19.1 Å². The molecule has 0 saturated carbocycles. The van der Waals surface area contributed by atoms with E-state index in [1.165, 1.54) is 0 Å². The highest BCUT2D eigenvalue weighted by Crippen LogP contribution is 2.31. The van der Waals surface area contributed by atoms with Gasteiger partial charge in [-0.25, -0.2) is 4.79 Å². The number of hydrogen-bond acceptors (Lipinski definition) is 4. The smallest absolute Gasteiger partial charge is 0.410 e. The van der Waals surface area contributed by atoms with E-state index >= 15 is 0 Å². The van der Waals surface area contributed by atoms with Crippen molar-refractivity contribution in [3.8, 4) is 0 Å². The molecular weight excluding hydrogens is 404 g/mol. The van der Waals surface area contributed by atoms with Crippen molar-refractivity contribution in [2.75, 3.05) is 32.8 Å². The van der Waals surface area contributed by atoms with Crippen LogP contribution in [0.5, 0.6) is 0 Å². The van der Waals surface area contributed by atoms with E-state index < -0.39 is 5.60 Å². The van der Waals surface area contributed by atoms with Crippen molar-refractivity contribution in [3.63, 3.8) is 0 Å².